The average molecular weight is 593 g/mol. The van der Waals surface area contributed by atoms with Gasteiger partial charge >= 0.3 is 6.09 Å². The molecular weight excluding hydrogens is 561 g/mol. The van der Waals surface area contributed by atoms with E-state index in [1.54, 1.807) is 23.2 Å². The Kier molecular flexibility index (Phi) is 9.01. The van der Waals surface area contributed by atoms with Crippen LogP contribution < -0.4 is 10.2 Å². The van der Waals surface area contributed by atoms with Crippen molar-refractivity contribution in [2.45, 2.75) is 37.9 Å². The van der Waals surface area contributed by atoms with Gasteiger partial charge in [-0.25, -0.2) is 23.2 Å². The Bertz CT molecular complexity index is 1450. The van der Waals surface area contributed by atoms with Crippen LogP contribution in [-0.4, -0.2) is 86.0 Å². The van der Waals surface area contributed by atoms with Gasteiger partial charge in [-0.3, -0.25) is 15.0 Å². The van der Waals surface area contributed by atoms with Crippen molar-refractivity contribution < 1.29 is 22.7 Å². The zero-order valence-corrected chi connectivity index (χ0v) is 25.0. The minimum Gasteiger partial charge on any atom is -0.453 e. The average Bonchev–Trinajstić information content (AvgIpc) is 3.45. The van der Waals surface area contributed by atoms with Crippen LogP contribution in [0.4, 0.5) is 15.6 Å². The molecule has 210 valence electrons. The van der Waals surface area contributed by atoms with Crippen molar-refractivity contribution in [1.82, 2.24) is 19.2 Å². The van der Waals surface area contributed by atoms with Crippen LogP contribution in [0.15, 0.2) is 28.5 Å². The quantitative estimate of drug-likeness (QED) is 0.373. The fraction of sp³-hybridized carbons (Fsp3) is 0.440. The van der Waals surface area contributed by atoms with Crippen molar-refractivity contribution in [2.24, 2.45) is 0 Å². The molecular formula is C25H32N6O5S3. The summed E-state index contributed by atoms with van der Waals surface area (Å²) in [5.41, 5.74) is 3.13. The molecule has 1 aromatic carbocycles. The number of piperazine rings is 1. The Morgan fingerprint density at radius 1 is 1.15 bits per heavy atom. The first kappa shape index (κ1) is 29.1. The number of rotatable bonds is 9. The molecule has 0 saturated carbocycles. The van der Waals surface area contributed by atoms with Gasteiger partial charge in [-0.05, 0) is 45.4 Å². The molecule has 1 fully saturated rings. The largest absolute Gasteiger partial charge is 0.453 e. The van der Waals surface area contributed by atoms with Gasteiger partial charge in [0.15, 0.2) is 9.34 Å². The molecule has 0 aliphatic carbocycles. The number of nitrogens with zero attached hydrogens (tertiary/aromatic N) is 5. The molecule has 0 spiro atoms. The lowest BCUT2D eigenvalue weighted by molar-refractivity contribution is -0.107. The monoisotopic (exact) mass is 592 g/mol. The summed E-state index contributed by atoms with van der Waals surface area (Å²) >= 11 is 2.54. The van der Waals surface area contributed by atoms with Gasteiger partial charge in [0.25, 0.3) is 10.0 Å². The number of aryl methyl sites for hydroxylation is 3. The lowest BCUT2D eigenvalue weighted by atomic mass is 10.1. The van der Waals surface area contributed by atoms with E-state index < -0.39 is 16.1 Å². The standard InChI is InChI=1S/C25H32N6O5S3/c1-16(31(15-32)21-8-6-7-20(13-21)22-17(2)26-19(4)37-22)14-29-9-11-30(12-10-29)39(34,35)23-18(3)27-24(38-23)28-25(33)36-5/h6-8,13,15-16H,9-12,14H2,1-5H3,(H,27,28,33)/t16-/m0/s1. The zero-order valence-electron chi connectivity index (χ0n) is 22.5. The highest BCUT2D eigenvalue weighted by atomic mass is 32.2. The first-order valence-electron chi connectivity index (χ1n) is 12.4. The van der Waals surface area contributed by atoms with Crippen LogP contribution >= 0.6 is 22.7 Å². The van der Waals surface area contributed by atoms with Crippen molar-refractivity contribution in [1.29, 1.82) is 0 Å². The fourth-order valence-electron chi connectivity index (χ4n) is 4.57. The number of amides is 2. The number of anilines is 2. The summed E-state index contributed by atoms with van der Waals surface area (Å²) in [5, 5.41) is 3.59. The molecule has 3 aromatic rings. The summed E-state index contributed by atoms with van der Waals surface area (Å²) in [5.74, 6) is 0. The normalized spacial score (nSPS) is 15.6. The van der Waals surface area contributed by atoms with Crippen molar-refractivity contribution in [2.75, 3.05) is 50.1 Å². The van der Waals surface area contributed by atoms with E-state index in [-0.39, 0.29) is 15.4 Å². The zero-order chi connectivity index (χ0) is 28.3. The van der Waals surface area contributed by atoms with Crippen LogP contribution in [0, 0.1) is 20.8 Å². The molecule has 0 unspecified atom stereocenters. The number of carbonyl (C=O) groups is 2. The highest BCUT2D eigenvalue weighted by Crippen LogP contribution is 2.33. The van der Waals surface area contributed by atoms with Gasteiger partial charge in [-0.15, -0.1) is 11.3 Å². The number of carbonyl (C=O) groups excluding carboxylic acids is 2. The van der Waals surface area contributed by atoms with E-state index in [9.17, 15) is 18.0 Å². The lowest BCUT2D eigenvalue weighted by Gasteiger charge is -2.37. The predicted octanol–water partition coefficient (Wildman–Crippen LogP) is 3.73. The van der Waals surface area contributed by atoms with E-state index in [2.05, 4.69) is 24.9 Å². The molecule has 3 heterocycles. The Labute approximate surface area is 236 Å². The molecule has 0 radical (unpaired) electrons. The third kappa shape index (κ3) is 6.47. The van der Waals surface area contributed by atoms with Crippen molar-refractivity contribution >= 4 is 56.0 Å². The van der Waals surface area contributed by atoms with Crippen molar-refractivity contribution in [3.63, 3.8) is 0 Å². The molecule has 1 aliphatic rings. The molecule has 39 heavy (non-hydrogen) atoms. The summed E-state index contributed by atoms with van der Waals surface area (Å²) in [4.78, 5) is 37.3. The molecule has 1 N–H and O–H groups in total. The number of nitrogens with one attached hydrogen (secondary N) is 1. The Morgan fingerprint density at radius 3 is 2.49 bits per heavy atom. The number of methoxy groups -OCH3 is 1. The Balaban J connectivity index is 1.39. The smallest absolute Gasteiger partial charge is 0.413 e. The second-order valence-electron chi connectivity index (χ2n) is 9.27. The van der Waals surface area contributed by atoms with E-state index in [0.717, 1.165) is 44.6 Å². The number of benzene rings is 1. The Hall–Kier alpha value is -2.91. The van der Waals surface area contributed by atoms with Crippen LogP contribution in [0.1, 0.15) is 23.3 Å². The van der Waals surface area contributed by atoms with Gasteiger partial charge in [0.1, 0.15) is 0 Å². The number of ether oxygens (including phenoxy) is 1. The van der Waals surface area contributed by atoms with E-state index in [0.29, 0.717) is 38.4 Å². The molecule has 14 heteroatoms. The van der Waals surface area contributed by atoms with Gasteiger partial charge in [0, 0.05) is 44.5 Å². The van der Waals surface area contributed by atoms with Gasteiger partial charge in [-0.1, -0.05) is 23.5 Å². The van der Waals surface area contributed by atoms with Crippen LogP contribution in [-0.2, 0) is 19.6 Å². The van der Waals surface area contributed by atoms with Gasteiger partial charge in [-0.2, -0.15) is 4.31 Å². The summed E-state index contributed by atoms with van der Waals surface area (Å²) in [7, 11) is -2.54. The highest BCUT2D eigenvalue weighted by molar-refractivity contribution is 7.91. The minimum absolute atomic E-state index is 0.106. The second-order valence-corrected chi connectivity index (χ2v) is 13.6. The number of aromatic nitrogens is 2. The highest BCUT2D eigenvalue weighted by Gasteiger charge is 2.33. The fourth-order valence-corrected chi connectivity index (χ4v) is 8.44. The molecule has 0 bridgehead atoms. The van der Waals surface area contributed by atoms with Gasteiger partial charge in [0.2, 0.25) is 6.41 Å². The first-order chi connectivity index (χ1) is 18.5. The van der Waals surface area contributed by atoms with Crippen molar-refractivity contribution in [3.8, 4) is 10.4 Å². The molecule has 1 aliphatic heterocycles. The molecule has 11 nitrogen and oxygen atoms in total. The number of hydrogen-bond acceptors (Lipinski definition) is 10. The maximum Gasteiger partial charge on any atom is 0.413 e. The summed E-state index contributed by atoms with van der Waals surface area (Å²) < 4.78 is 32.7. The van der Waals surface area contributed by atoms with Crippen molar-refractivity contribution in [3.05, 3.63) is 40.7 Å². The molecule has 4 rings (SSSR count). The lowest BCUT2D eigenvalue weighted by Crippen LogP contribution is -2.52. The van der Waals surface area contributed by atoms with Crippen LogP contribution in [0.5, 0.6) is 0 Å². The SMILES string of the molecule is COC(=O)Nc1nc(C)c(S(=O)(=O)N2CCN(C[C@H](C)N(C=O)c3cccc(-c4sc(C)nc4C)c3)CC2)s1. The maximum absolute atomic E-state index is 13.3. The summed E-state index contributed by atoms with van der Waals surface area (Å²) in [6, 6.07) is 7.77. The first-order valence-corrected chi connectivity index (χ1v) is 15.4. The second kappa shape index (κ2) is 12.1. The van der Waals surface area contributed by atoms with E-state index in [1.807, 2.05) is 45.0 Å². The number of hydrogen-bond donors (Lipinski definition) is 1. The van der Waals surface area contributed by atoms with E-state index >= 15 is 0 Å². The third-order valence-electron chi connectivity index (χ3n) is 6.47. The van der Waals surface area contributed by atoms with E-state index in [1.165, 1.54) is 11.4 Å². The van der Waals surface area contributed by atoms with Gasteiger partial charge < -0.3 is 9.64 Å². The molecule has 1 saturated heterocycles. The topological polar surface area (TPSA) is 125 Å². The minimum atomic E-state index is -3.76. The van der Waals surface area contributed by atoms with Gasteiger partial charge in [0.05, 0.1) is 28.4 Å². The van der Waals surface area contributed by atoms with Crippen LogP contribution in [0.25, 0.3) is 10.4 Å². The van der Waals surface area contributed by atoms with Crippen LogP contribution in [0.3, 0.4) is 0 Å². The molecule has 2 aromatic heterocycles. The molecule has 2 amide bonds. The predicted molar refractivity (Wildman–Crippen MR) is 153 cm³/mol. The van der Waals surface area contributed by atoms with Crippen LogP contribution in [0.2, 0.25) is 0 Å². The number of sulfonamides is 1. The summed E-state index contributed by atoms with van der Waals surface area (Å²) in [6.07, 6.45) is 0.141. The molecule has 1 atom stereocenters. The summed E-state index contributed by atoms with van der Waals surface area (Å²) in [6.45, 7) is 9.84. The third-order valence-corrected chi connectivity index (χ3v) is 11.2. The number of thiazole rings is 2. The van der Waals surface area contributed by atoms with E-state index in [4.69, 9.17) is 0 Å². The maximum atomic E-state index is 13.3. The Morgan fingerprint density at radius 2 is 1.87 bits per heavy atom.